The molecule has 2 amide bonds. The highest BCUT2D eigenvalue weighted by atomic mass is 16.5. The number of ketones is 1. The molecule has 0 aromatic heterocycles. The van der Waals surface area contributed by atoms with E-state index < -0.39 is 5.97 Å². The van der Waals surface area contributed by atoms with Crippen LogP contribution in [0.15, 0.2) is 72.8 Å². The molecule has 5 aliphatic rings. The molecule has 0 N–H and O–H groups in total. The summed E-state index contributed by atoms with van der Waals surface area (Å²) in [6.07, 6.45) is 5.42. The molecular formula is C30H23NO5. The van der Waals surface area contributed by atoms with Crippen LogP contribution in [0.25, 0.3) is 10.8 Å². The van der Waals surface area contributed by atoms with Crippen LogP contribution in [0.4, 0.5) is 5.69 Å². The Morgan fingerprint density at radius 3 is 2.11 bits per heavy atom. The molecule has 2 bridgehead atoms. The Bertz CT molecular complexity index is 1480. The first kappa shape index (κ1) is 21.2. The first-order valence-corrected chi connectivity index (χ1v) is 12.3. The molecule has 1 saturated heterocycles. The number of rotatable bonds is 4. The van der Waals surface area contributed by atoms with Gasteiger partial charge in [0.15, 0.2) is 5.78 Å². The van der Waals surface area contributed by atoms with Crippen molar-refractivity contribution in [1.82, 2.24) is 0 Å². The fraction of sp³-hybridized carbons (Fsp3) is 0.267. The molecule has 1 aliphatic heterocycles. The number of fused-ring (bicyclic) bond motifs is 1. The molecule has 3 aromatic rings. The van der Waals surface area contributed by atoms with E-state index >= 15 is 0 Å². The number of nitrogens with zero attached hydrogens (tertiary/aromatic N) is 1. The Morgan fingerprint density at radius 1 is 0.833 bits per heavy atom. The molecular weight excluding hydrogens is 454 g/mol. The smallest absolute Gasteiger partial charge is 0.343 e. The lowest BCUT2D eigenvalue weighted by molar-refractivity contribution is -0.124. The van der Waals surface area contributed by atoms with Gasteiger partial charge < -0.3 is 4.74 Å². The van der Waals surface area contributed by atoms with Crippen molar-refractivity contribution < 1.29 is 23.9 Å². The molecule has 0 unspecified atom stereocenters. The summed E-state index contributed by atoms with van der Waals surface area (Å²) in [6, 6.07) is 17.2. The highest BCUT2D eigenvalue weighted by molar-refractivity contribution is 6.22. The van der Waals surface area contributed by atoms with Gasteiger partial charge >= 0.3 is 5.97 Å². The van der Waals surface area contributed by atoms with E-state index in [9.17, 15) is 19.2 Å². The van der Waals surface area contributed by atoms with Crippen LogP contribution >= 0.6 is 0 Å². The number of allylic oxidation sites excluding steroid dienone is 2. The number of ether oxygens (including phenoxy) is 1. The Balaban J connectivity index is 1.16. The molecule has 3 aromatic carbocycles. The summed E-state index contributed by atoms with van der Waals surface area (Å²) in [5.74, 6) is 0.0308. The molecule has 0 spiro atoms. The van der Waals surface area contributed by atoms with Crippen LogP contribution in [0.5, 0.6) is 5.75 Å². The van der Waals surface area contributed by atoms with Gasteiger partial charge in [-0.25, -0.2) is 4.79 Å². The Hall–Kier alpha value is -4.06. The lowest BCUT2D eigenvalue weighted by Crippen LogP contribution is -2.40. The fourth-order valence-electron chi connectivity index (χ4n) is 6.74. The zero-order valence-corrected chi connectivity index (χ0v) is 19.6. The van der Waals surface area contributed by atoms with Crippen molar-refractivity contribution in [2.75, 3.05) is 4.90 Å². The average Bonchev–Trinajstić information content (AvgIpc) is 3.67. The predicted molar refractivity (Wildman–Crippen MR) is 133 cm³/mol. The van der Waals surface area contributed by atoms with Crippen molar-refractivity contribution in [3.63, 3.8) is 0 Å². The highest BCUT2D eigenvalue weighted by Gasteiger charge is 2.67. The number of carbonyl (C=O) groups is 4. The molecule has 2 saturated carbocycles. The normalized spacial score (nSPS) is 29.3. The maximum Gasteiger partial charge on any atom is 0.343 e. The number of anilines is 1. The third kappa shape index (κ3) is 2.90. The van der Waals surface area contributed by atoms with E-state index in [0.717, 1.165) is 11.8 Å². The Morgan fingerprint density at radius 2 is 1.47 bits per heavy atom. The molecule has 6 nitrogen and oxygen atoms in total. The van der Waals surface area contributed by atoms with E-state index in [-0.39, 0.29) is 52.6 Å². The van der Waals surface area contributed by atoms with Crippen LogP contribution in [0.3, 0.4) is 0 Å². The van der Waals surface area contributed by atoms with Crippen LogP contribution < -0.4 is 9.64 Å². The summed E-state index contributed by atoms with van der Waals surface area (Å²) in [6.45, 7) is 1.43. The number of hydrogen-bond donors (Lipinski definition) is 0. The first-order valence-electron chi connectivity index (χ1n) is 12.3. The number of hydrogen-bond acceptors (Lipinski definition) is 5. The van der Waals surface area contributed by atoms with Gasteiger partial charge in [-0.2, -0.15) is 0 Å². The zero-order chi connectivity index (χ0) is 24.7. The topological polar surface area (TPSA) is 80.8 Å². The number of amides is 2. The van der Waals surface area contributed by atoms with Gasteiger partial charge in [0.1, 0.15) is 5.75 Å². The number of esters is 1. The van der Waals surface area contributed by atoms with Crippen LogP contribution in [0, 0.1) is 35.5 Å². The van der Waals surface area contributed by atoms with Crippen LogP contribution in [-0.2, 0) is 9.59 Å². The van der Waals surface area contributed by atoms with Crippen LogP contribution in [0.2, 0.25) is 0 Å². The third-order valence-corrected chi connectivity index (χ3v) is 8.48. The average molecular weight is 478 g/mol. The largest absolute Gasteiger partial charge is 0.421 e. The maximum atomic E-state index is 13.3. The molecule has 8 rings (SSSR count). The quantitative estimate of drug-likeness (QED) is 0.177. The van der Waals surface area contributed by atoms with Gasteiger partial charge in [-0.15, -0.1) is 0 Å². The van der Waals surface area contributed by atoms with Crippen molar-refractivity contribution in [3.05, 3.63) is 83.9 Å². The molecule has 36 heavy (non-hydrogen) atoms. The summed E-state index contributed by atoms with van der Waals surface area (Å²) in [5.41, 5.74) is 1.06. The van der Waals surface area contributed by atoms with E-state index in [0.29, 0.717) is 28.5 Å². The highest BCUT2D eigenvalue weighted by Crippen LogP contribution is 2.65. The Kier molecular flexibility index (Phi) is 4.41. The van der Waals surface area contributed by atoms with Crippen LogP contribution in [0.1, 0.15) is 34.1 Å². The fourth-order valence-corrected chi connectivity index (χ4v) is 6.74. The Labute approximate surface area is 207 Å². The number of imide groups is 1. The van der Waals surface area contributed by atoms with Crippen molar-refractivity contribution in [2.24, 2.45) is 35.5 Å². The van der Waals surface area contributed by atoms with E-state index in [2.05, 4.69) is 12.2 Å². The van der Waals surface area contributed by atoms with Crippen molar-refractivity contribution in [2.45, 2.75) is 13.3 Å². The second-order valence-corrected chi connectivity index (χ2v) is 10.3. The van der Waals surface area contributed by atoms with Gasteiger partial charge in [-0.3, -0.25) is 19.3 Å². The lowest BCUT2D eigenvalue weighted by Gasteiger charge is -2.37. The standard InChI is InChI=1S/C30H23NO5/c1-15(32)19-11-8-16-4-2-3-5-20(16)27(19)36-30(35)17-6-9-18(10-7-17)31-28(33)25-21-12-13-22(24-14-23(21)24)26(25)29(31)34/h2-13,21-26H,14H2,1H3/t21-,22+,23-,24-,25+,26-/m1/s1. The van der Waals surface area contributed by atoms with Gasteiger partial charge in [0.05, 0.1) is 28.7 Å². The minimum absolute atomic E-state index is 0.133. The summed E-state index contributed by atoms with van der Waals surface area (Å²) in [7, 11) is 0. The summed E-state index contributed by atoms with van der Waals surface area (Å²) in [5, 5.41) is 1.53. The second kappa shape index (κ2) is 7.47. The SMILES string of the molecule is CC(=O)c1ccc2ccccc2c1OC(=O)c1ccc(N2C(=O)[C@@H]3[C@H]4C=C[C@H]([C@H]5C[C@H]45)[C@@H]3C2=O)cc1. The van der Waals surface area contributed by atoms with Crippen molar-refractivity contribution >= 4 is 40.0 Å². The van der Waals surface area contributed by atoms with E-state index in [1.165, 1.54) is 11.8 Å². The molecule has 178 valence electrons. The minimum atomic E-state index is -0.615. The number of benzene rings is 3. The van der Waals surface area contributed by atoms with E-state index in [1.807, 2.05) is 30.3 Å². The molecule has 1 heterocycles. The summed E-state index contributed by atoms with van der Waals surface area (Å²) in [4.78, 5) is 53.2. The van der Waals surface area contributed by atoms with Crippen molar-refractivity contribution in [3.8, 4) is 5.75 Å². The van der Waals surface area contributed by atoms with Gasteiger partial charge in [0, 0.05) is 5.39 Å². The maximum absolute atomic E-state index is 13.3. The molecule has 6 atom stereocenters. The van der Waals surface area contributed by atoms with E-state index in [1.54, 1.807) is 30.3 Å². The first-order chi connectivity index (χ1) is 17.4. The molecule has 6 heteroatoms. The monoisotopic (exact) mass is 477 g/mol. The van der Waals surface area contributed by atoms with Crippen molar-refractivity contribution in [1.29, 1.82) is 0 Å². The summed E-state index contributed by atoms with van der Waals surface area (Å²) >= 11 is 0. The zero-order valence-electron chi connectivity index (χ0n) is 19.6. The number of carbonyl (C=O) groups excluding carboxylic acids is 4. The van der Waals surface area contributed by atoms with Gasteiger partial charge in [-0.05, 0) is 72.7 Å². The second-order valence-electron chi connectivity index (χ2n) is 10.3. The number of Topliss-reactive ketones (excluding diaryl/α,β-unsaturated/α-hetero) is 1. The molecule has 4 aliphatic carbocycles. The molecule has 0 radical (unpaired) electrons. The van der Waals surface area contributed by atoms with Gasteiger partial charge in [-0.1, -0.05) is 42.5 Å². The summed E-state index contributed by atoms with van der Waals surface area (Å²) < 4.78 is 5.73. The molecule has 3 fully saturated rings. The van der Waals surface area contributed by atoms with Gasteiger partial charge in [0.25, 0.3) is 0 Å². The third-order valence-electron chi connectivity index (χ3n) is 8.48. The van der Waals surface area contributed by atoms with Gasteiger partial charge in [0.2, 0.25) is 11.8 Å². The minimum Gasteiger partial charge on any atom is -0.421 e. The van der Waals surface area contributed by atoms with Crippen LogP contribution in [-0.4, -0.2) is 23.6 Å². The predicted octanol–water partition coefficient (Wildman–Crippen LogP) is 4.82. The van der Waals surface area contributed by atoms with E-state index in [4.69, 9.17) is 4.74 Å². The lowest BCUT2D eigenvalue weighted by atomic mass is 9.63.